The van der Waals surface area contributed by atoms with Crippen molar-refractivity contribution < 1.29 is 27.8 Å². The summed E-state index contributed by atoms with van der Waals surface area (Å²) in [4.78, 5) is 14.8. The first kappa shape index (κ1) is 20.3. The Hall–Kier alpha value is -2.99. The molecule has 0 fully saturated rings. The van der Waals surface area contributed by atoms with Crippen LogP contribution in [0.2, 0.25) is 0 Å². The summed E-state index contributed by atoms with van der Waals surface area (Å²) in [6.07, 6.45) is -3.23. The van der Waals surface area contributed by atoms with Gasteiger partial charge in [0.1, 0.15) is 23.5 Å². The van der Waals surface area contributed by atoms with Crippen molar-refractivity contribution in [2.75, 3.05) is 12.4 Å². The fourth-order valence-electron chi connectivity index (χ4n) is 2.11. The Labute approximate surface area is 157 Å². The molecule has 1 aromatic carbocycles. The number of ether oxygens (including phenoxy) is 1. The van der Waals surface area contributed by atoms with Crippen LogP contribution in [0, 0.1) is 11.3 Å². The fourth-order valence-corrected chi connectivity index (χ4v) is 2.84. The number of carbonyl (C=O) groups is 1. The van der Waals surface area contributed by atoms with Crippen molar-refractivity contribution >= 4 is 17.7 Å². The van der Waals surface area contributed by atoms with Crippen LogP contribution in [0.1, 0.15) is 11.1 Å². The minimum absolute atomic E-state index is 0.0236. The summed E-state index contributed by atoms with van der Waals surface area (Å²) >= 11 is 0.564. The van der Waals surface area contributed by atoms with E-state index in [1.165, 1.54) is 18.2 Å². The van der Waals surface area contributed by atoms with Gasteiger partial charge >= 0.3 is 12.1 Å². The number of thioether (sulfide) groups is 1. The highest BCUT2D eigenvalue weighted by Crippen LogP contribution is 2.38. The number of aliphatic carboxylic acids is 1. The number of benzene rings is 1. The highest BCUT2D eigenvalue weighted by molar-refractivity contribution is 7.99. The molecule has 0 spiro atoms. The number of carboxylic acid groups (broad SMARTS) is 1. The zero-order valence-corrected chi connectivity index (χ0v) is 14.6. The summed E-state index contributed by atoms with van der Waals surface area (Å²) in [5.74, 6) is -1.24. The molecule has 0 saturated heterocycles. The number of pyridine rings is 1. The molecule has 2 rings (SSSR count). The van der Waals surface area contributed by atoms with Gasteiger partial charge in [-0.3, -0.25) is 4.79 Å². The minimum Gasteiger partial charge on any atom is -0.490 e. The second kappa shape index (κ2) is 8.60. The third kappa shape index (κ3) is 5.24. The molecule has 0 aliphatic carbocycles. The third-order valence-electron chi connectivity index (χ3n) is 3.25. The number of alkyl halides is 3. The first-order valence-corrected chi connectivity index (χ1v) is 8.46. The van der Waals surface area contributed by atoms with Crippen LogP contribution in [-0.2, 0) is 11.0 Å². The van der Waals surface area contributed by atoms with E-state index < -0.39 is 29.0 Å². The number of hydrogen-bond acceptors (Lipinski definition) is 5. The Balaban J connectivity index is 2.52. The normalized spacial score (nSPS) is 10.9. The second-order valence-electron chi connectivity index (χ2n) is 5.15. The molecule has 0 aliphatic heterocycles. The first-order chi connectivity index (χ1) is 12.8. The van der Waals surface area contributed by atoms with E-state index in [-0.39, 0.29) is 17.3 Å². The summed E-state index contributed by atoms with van der Waals surface area (Å²) in [5, 5.41) is 17.6. The van der Waals surface area contributed by atoms with E-state index in [4.69, 9.17) is 15.1 Å². The van der Waals surface area contributed by atoms with Crippen molar-refractivity contribution in [3.63, 3.8) is 0 Å². The van der Waals surface area contributed by atoms with Crippen molar-refractivity contribution in [1.82, 2.24) is 4.98 Å². The van der Waals surface area contributed by atoms with E-state index in [1.807, 2.05) is 0 Å². The van der Waals surface area contributed by atoms with Crippen molar-refractivity contribution in [2.45, 2.75) is 11.2 Å². The average molecular weight is 394 g/mol. The maximum atomic E-state index is 13.4. The van der Waals surface area contributed by atoms with Crippen LogP contribution in [0.5, 0.6) is 5.75 Å². The van der Waals surface area contributed by atoms with Crippen LogP contribution in [0.3, 0.4) is 0 Å². The van der Waals surface area contributed by atoms with Crippen molar-refractivity contribution in [2.24, 2.45) is 0 Å². The van der Waals surface area contributed by atoms with E-state index >= 15 is 0 Å². The van der Waals surface area contributed by atoms with Gasteiger partial charge in [-0.15, -0.1) is 0 Å². The highest BCUT2D eigenvalue weighted by atomic mass is 32.2. The number of nitriles is 1. The molecule has 0 aliphatic rings. The monoisotopic (exact) mass is 394 g/mol. The lowest BCUT2D eigenvalue weighted by Crippen LogP contribution is -2.11. The average Bonchev–Trinajstić information content (AvgIpc) is 2.63. The fraction of sp³-hybridized carbons (Fsp3) is 0.167. The van der Waals surface area contributed by atoms with Crippen LogP contribution in [0.25, 0.3) is 11.3 Å². The minimum atomic E-state index is -4.78. The molecule has 1 aromatic heterocycles. The molecule has 0 bridgehead atoms. The molecule has 2 aromatic rings. The topological polar surface area (TPSA) is 83.2 Å². The van der Waals surface area contributed by atoms with Crippen LogP contribution in [0.4, 0.5) is 13.2 Å². The zero-order valence-electron chi connectivity index (χ0n) is 13.8. The number of halogens is 3. The first-order valence-electron chi connectivity index (χ1n) is 7.47. The Bertz CT molecular complexity index is 890. The van der Waals surface area contributed by atoms with Gasteiger partial charge < -0.3 is 9.84 Å². The maximum absolute atomic E-state index is 13.4. The third-order valence-corrected chi connectivity index (χ3v) is 4.21. The van der Waals surface area contributed by atoms with Crippen molar-refractivity contribution in [3.8, 4) is 23.1 Å². The van der Waals surface area contributed by atoms with Gasteiger partial charge in [-0.25, -0.2) is 4.98 Å². The molecule has 5 nitrogen and oxygen atoms in total. The van der Waals surface area contributed by atoms with Gasteiger partial charge in [-0.2, -0.15) is 18.4 Å². The Morgan fingerprint density at radius 3 is 2.56 bits per heavy atom. The number of rotatable bonds is 7. The van der Waals surface area contributed by atoms with E-state index in [0.29, 0.717) is 23.1 Å². The van der Waals surface area contributed by atoms with Gasteiger partial charge in [0.05, 0.1) is 22.6 Å². The Morgan fingerprint density at radius 2 is 2.04 bits per heavy atom. The van der Waals surface area contributed by atoms with E-state index in [1.54, 1.807) is 18.2 Å². The quantitative estimate of drug-likeness (QED) is 0.554. The molecular weight excluding hydrogens is 381 g/mol. The Morgan fingerprint density at radius 1 is 1.37 bits per heavy atom. The SMILES string of the molecule is C=CCOc1ccc(-c2cc(C(F)(F)F)c(C#N)c(SCC(=O)O)n2)cc1. The molecule has 0 radical (unpaired) electrons. The van der Waals surface area contributed by atoms with Gasteiger partial charge in [0, 0.05) is 5.56 Å². The lowest BCUT2D eigenvalue weighted by Gasteiger charge is -2.14. The lowest BCUT2D eigenvalue weighted by atomic mass is 10.1. The molecule has 0 amide bonds. The number of aromatic nitrogens is 1. The summed E-state index contributed by atoms with van der Waals surface area (Å²) in [5.41, 5.74) is -1.50. The molecule has 0 unspecified atom stereocenters. The smallest absolute Gasteiger partial charge is 0.417 e. The standard InChI is InChI=1S/C18H13F3N2O3S/c1-2-7-26-12-5-3-11(4-6-12)15-8-14(18(19,20)21)13(9-22)17(23-15)27-10-16(24)25/h2-6,8H,1,7,10H2,(H,24,25). The summed E-state index contributed by atoms with van der Waals surface area (Å²) in [6, 6.07) is 8.44. The van der Waals surface area contributed by atoms with Crippen LogP contribution < -0.4 is 4.74 Å². The van der Waals surface area contributed by atoms with Crippen LogP contribution >= 0.6 is 11.8 Å². The lowest BCUT2D eigenvalue weighted by molar-refractivity contribution is -0.138. The van der Waals surface area contributed by atoms with E-state index in [2.05, 4.69) is 11.6 Å². The zero-order chi connectivity index (χ0) is 20.0. The van der Waals surface area contributed by atoms with Crippen molar-refractivity contribution in [3.05, 3.63) is 54.1 Å². The number of carboxylic acids is 1. The van der Waals surface area contributed by atoms with Gasteiger partial charge in [-0.1, -0.05) is 24.4 Å². The van der Waals surface area contributed by atoms with Crippen molar-refractivity contribution in [1.29, 1.82) is 5.26 Å². The highest BCUT2D eigenvalue weighted by Gasteiger charge is 2.36. The molecule has 1 heterocycles. The molecule has 0 atom stereocenters. The van der Waals surface area contributed by atoms with E-state index in [9.17, 15) is 18.0 Å². The Kier molecular flexibility index (Phi) is 6.47. The van der Waals surface area contributed by atoms with E-state index in [0.717, 1.165) is 6.07 Å². The van der Waals surface area contributed by atoms with Gasteiger partial charge in [0.2, 0.25) is 0 Å². The van der Waals surface area contributed by atoms with Crippen LogP contribution in [0.15, 0.2) is 48.0 Å². The number of hydrogen-bond donors (Lipinski definition) is 1. The molecule has 0 saturated carbocycles. The molecular formula is C18H13F3N2O3S. The van der Waals surface area contributed by atoms with Gasteiger partial charge in [0.25, 0.3) is 0 Å². The predicted octanol–water partition coefficient (Wildman–Crippen LogP) is 4.38. The molecule has 1 N–H and O–H groups in total. The molecule has 140 valence electrons. The largest absolute Gasteiger partial charge is 0.490 e. The van der Waals surface area contributed by atoms with Crippen LogP contribution in [-0.4, -0.2) is 28.4 Å². The summed E-state index contributed by atoms with van der Waals surface area (Å²) in [7, 11) is 0. The van der Waals surface area contributed by atoms with Gasteiger partial charge in [0.15, 0.2) is 0 Å². The summed E-state index contributed by atoms with van der Waals surface area (Å²) < 4.78 is 45.5. The molecule has 27 heavy (non-hydrogen) atoms. The summed E-state index contributed by atoms with van der Waals surface area (Å²) in [6.45, 7) is 3.80. The predicted molar refractivity (Wildman–Crippen MR) is 93.4 cm³/mol. The van der Waals surface area contributed by atoms with Gasteiger partial charge in [-0.05, 0) is 30.3 Å². The molecule has 9 heteroatoms. The second-order valence-corrected chi connectivity index (χ2v) is 6.12. The maximum Gasteiger partial charge on any atom is 0.417 e. The number of nitrogens with zero attached hydrogens (tertiary/aromatic N) is 2.